The number of para-hydroxylation sites is 1. The van der Waals surface area contributed by atoms with E-state index in [0.29, 0.717) is 23.5 Å². The Balaban J connectivity index is 0.000000633. The zero-order chi connectivity index (χ0) is 29.0. The summed E-state index contributed by atoms with van der Waals surface area (Å²) >= 11 is -1.95. The highest BCUT2D eigenvalue weighted by molar-refractivity contribution is 7.85. The third-order valence-corrected chi connectivity index (χ3v) is 6.90. The van der Waals surface area contributed by atoms with Crippen LogP contribution in [0.5, 0.6) is 17.2 Å². The molecular weight excluding hydrogens is 514 g/mol. The van der Waals surface area contributed by atoms with Crippen LogP contribution < -0.4 is 4.18 Å². The minimum Gasteiger partial charge on any atom is -0.508 e. The molecule has 39 heavy (non-hydrogen) atoms. The van der Waals surface area contributed by atoms with Gasteiger partial charge >= 0.3 is 5.97 Å². The molecule has 2 rings (SSSR count). The van der Waals surface area contributed by atoms with Crippen LogP contribution in [0.15, 0.2) is 65.7 Å². The zero-order valence-electron chi connectivity index (χ0n) is 24.0. The van der Waals surface area contributed by atoms with Crippen molar-refractivity contribution in [3.05, 3.63) is 76.8 Å². The van der Waals surface area contributed by atoms with Gasteiger partial charge in [-0.2, -0.15) is 0 Å². The highest BCUT2D eigenvalue weighted by atomic mass is 32.2. The number of carbonyl (C=O) groups is 1. The number of rotatable bonds is 15. The van der Waals surface area contributed by atoms with Crippen molar-refractivity contribution < 1.29 is 28.1 Å². The SMILES string of the molecule is CCCCCCCCOC(=O)/C(=C/C=C/N(CC)CC)S(=O)Oc1ccccc1.Cc1cc(O)c(C)cc1O. The molecule has 2 aromatic rings. The number of hydrogen-bond acceptors (Lipinski definition) is 7. The van der Waals surface area contributed by atoms with Gasteiger partial charge in [0, 0.05) is 13.1 Å². The van der Waals surface area contributed by atoms with Crippen molar-refractivity contribution >= 4 is 17.0 Å². The molecule has 0 amide bonds. The topological polar surface area (TPSA) is 96.3 Å². The number of carbonyl (C=O) groups excluding carboxylic acids is 1. The summed E-state index contributed by atoms with van der Waals surface area (Å²) in [5.74, 6) is 0.302. The Morgan fingerprint density at radius 1 is 0.897 bits per heavy atom. The number of aryl methyl sites for hydroxylation is 2. The fourth-order valence-electron chi connectivity index (χ4n) is 3.39. The number of phenols is 2. The number of hydrogen-bond donors (Lipinski definition) is 2. The molecule has 0 saturated carbocycles. The van der Waals surface area contributed by atoms with Gasteiger partial charge in [0.05, 0.1) is 6.61 Å². The van der Waals surface area contributed by atoms with E-state index in [-0.39, 0.29) is 16.4 Å². The smallest absolute Gasteiger partial charge is 0.350 e. The summed E-state index contributed by atoms with van der Waals surface area (Å²) < 4.78 is 23.4. The molecule has 0 aliphatic rings. The first-order valence-corrected chi connectivity index (χ1v) is 14.7. The predicted octanol–water partition coefficient (Wildman–Crippen LogP) is 7.09. The van der Waals surface area contributed by atoms with Crippen molar-refractivity contribution in [2.45, 2.75) is 73.1 Å². The lowest BCUT2D eigenvalue weighted by Crippen LogP contribution is -2.17. The molecule has 0 bridgehead atoms. The highest BCUT2D eigenvalue weighted by Gasteiger charge is 2.20. The second-order valence-electron chi connectivity index (χ2n) is 9.05. The molecule has 0 aromatic heterocycles. The van der Waals surface area contributed by atoms with Crippen molar-refractivity contribution in [3.63, 3.8) is 0 Å². The average Bonchev–Trinajstić information content (AvgIpc) is 2.92. The van der Waals surface area contributed by atoms with Gasteiger partial charge in [-0.3, -0.25) is 0 Å². The van der Waals surface area contributed by atoms with Crippen LogP contribution in [0, 0.1) is 13.8 Å². The lowest BCUT2D eigenvalue weighted by Gasteiger charge is -2.14. The van der Waals surface area contributed by atoms with E-state index in [4.69, 9.17) is 19.1 Å². The van der Waals surface area contributed by atoms with E-state index < -0.39 is 17.0 Å². The number of aromatic hydroxyl groups is 2. The van der Waals surface area contributed by atoms with Crippen molar-refractivity contribution in [1.29, 1.82) is 0 Å². The van der Waals surface area contributed by atoms with Gasteiger partial charge in [-0.05, 0) is 87.9 Å². The van der Waals surface area contributed by atoms with Crippen LogP contribution >= 0.6 is 0 Å². The summed E-state index contributed by atoms with van der Waals surface area (Å²) in [6.07, 6.45) is 11.7. The number of ether oxygens (including phenoxy) is 1. The molecule has 0 fully saturated rings. The normalized spacial score (nSPS) is 12.0. The molecule has 0 heterocycles. The van der Waals surface area contributed by atoms with E-state index in [2.05, 4.69) is 11.8 Å². The second-order valence-corrected chi connectivity index (χ2v) is 10.1. The van der Waals surface area contributed by atoms with Crippen molar-refractivity contribution in [2.75, 3.05) is 19.7 Å². The average molecular weight is 560 g/mol. The summed E-state index contributed by atoms with van der Waals surface area (Å²) in [6, 6.07) is 11.9. The molecule has 0 spiro atoms. The van der Waals surface area contributed by atoms with Crippen molar-refractivity contribution in [1.82, 2.24) is 4.90 Å². The van der Waals surface area contributed by atoms with Gasteiger partial charge in [-0.1, -0.05) is 57.2 Å². The summed E-state index contributed by atoms with van der Waals surface area (Å²) in [6.45, 7) is 11.8. The third kappa shape index (κ3) is 13.9. The molecule has 2 N–H and O–H groups in total. The molecule has 0 radical (unpaired) electrons. The Labute approximate surface area is 236 Å². The summed E-state index contributed by atoms with van der Waals surface area (Å²) in [5, 5.41) is 18.2. The van der Waals surface area contributed by atoms with E-state index in [1.165, 1.54) is 25.3 Å². The Bertz CT molecular complexity index is 1010. The van der Waals surface area contributed by atoms with E-state index in [9.17, 15) is 9.00 Å². The summed E-state index contributed by atoms with van der Waals surface area (Å²) in [7, 11) is 0. The molecule has 2 aromatic carbocycles. The van der Waals surface area contributed by atoms with Gasteiger partial charge < -0.3 is 24.0 Å². The standard InChI is InChI=1S/C23H35NO4S.C8H10O2/c1-4-7-8-9-10-14-20-27-23(25)22(18-15-19-24(5-2)6-3)29(26)28-21-16-12-11-13-17-21;1-5-3-8(10)6(2)4-7(5)9/h11-13,15-19H,4-10,14,20H2,1-3H3;3-4,9-10H,1-2H3/b19-15+,22-18-;. The lowest BCUT2D eigenvalue weighted by molar-refractivity contribution is -0.138. The fourth-order valence-corrected chi connectivity index (χ4v) is 4.15. The Morgan fingerprint density at radius 3 is 2.03 bits per heavy atom. The summed E-state index contributed by atoms with van der Waals surface area (Å²) in [5.41, 5.74) is 1.39. The maximum Gasteiger partial charge on any atom is 0.350 e. The number of phenolic OH excluding ortho intramolecular Hbond substituents is 2. The molecule has 0 aliphatic carbocycles. The summed E-state index contributed by atoms with van der Waals surface area (Å²) in [4.78, 5) is 14.6. The Kier molecular flexibility index (Phi) is 17.1. The van der Waals surface area contributed by atoms with Crippen LogP contribution in [0.25, 0.3) is 0 Å². The van der Waals surface area contributed by atoms with Crippen LogP contribution in [0.3, 0.4) is 0 Å². The van der Waals surface area contributed by atoms with E-state index in [0.717, 1.165) is 32.4 Å². The van der Waals surface area contributed by atoms with Crippen LogP contribution in [0.2, 0.25) is 0 Å². The molecule has 7 nitrogen and oxygen atoms in total. The second kappa shape index (κ2) is 19.8. The monoisotopic (exact) mass is 559 g/mol. The Morgan fingerprint density at radius 2 is 1.46 bits per heavy atom. The van der Waals surface area contributed by atoms with Crippen LogP contribution in [0.1, 0.15) is 70.4 Å². The number of unbranched alkanes of at least 4 members (excludes halogenated alkanes) is 5. The Hall–Kier alpha value is -3.26. The predicted molar refractivity (Wildman–Crippen MR) is 159 cm³/mol. The van der Waals surface area contributed by atoms with E-state index >= 15 is 0 Å². The van der Waals surface area contributed by atoms with Gasteiger partial charge in [0.1, 0.15) is 17.2 Å². The largest absolute Gasteiger partial charge is 0.508 e. The molecule has 8 heteroatoms. The van der Waals surface area contributed by atoms with Crippen molar-refractivity contribution in [2.24, 2.45) is 0 Å². The van der Waals surface area contributed by atoms with Gasteiger partial charge in [0.2, 0.25) is 11.1 Å². The van der Waals surface area contributed by atoms with E-state index in [1.54, 1.807) is 56.3 Å². The van der Waals surface area contributed by atoms with Gasteiger partial charge in [0.15, 0.2) is 4.91 Å². The zero-order valence-corrected chi connectivity index (χ0v) is 24.8. The quantitative estimate of drug-likeness (QED) is 0.0791. The highest BCUT2D eigenvalue weighted by Crippen LogP contribution is 2.25. The van der Waals surface area contributed by atoms with Crippen LogP contribution in [-0.4, -0.2) is 45.0 Å². The third-order valence-electron chi connectivity index (χ3n) is 5.90. The number of nitrogens with zero attached hydrogens (tertiary/aromatic N) is 1. The number of allylic oxidation sites excluding steroid dienone is 2. The first-order chi connectivity index (χ1) is 18.7. The fraction of sp³-hybridized carbons (Fsp3) is 0.452. The van der Waals surface area contributed by atoms with Crippen LogP contribution in [0.4, 0.5) is 0 Å². The molecular formula is C31H45NO6S. The lowest BCUT2D eigenvalue weighted by atomic mass is 10.1. The molecule has 0 saturated heterocycles. The molecule has 1 unspecified atom stereocenters. The molecule has 1 atom stereocenters. The maximum absolute atomic E-state index is 12.6. The van der Waals surface area contributed by atoms with Gasteiger partial charge in [-0.25, -0.2) is 9.00 Å². The molecule has 0 aliphatic heterocycles. The minimum atomic E-state index is -1.95. The molecule has 216 valence electrons. The maximum atomic E-state index is 12.6. The number of esters is 1. The number of benzene rings is 2. The first kappa shape index (κ1) is 33.8. The van der Waals surface area contributed by atoms with Crippen LogP contribution in [-0.2, 0) is 20.6 Å². The first-order valence-electron chi connectivity index (χ1n) is 13.7. The van der Waals surface area contributed by atoms with E-state index in [1.807, 2.05) is 26.1 Å². The van der Waals surface area contributed by atoms with Gasteiger partial charge in [-0.15, -0.1) is 0 Å². The minimum absolute atomic E-state index is 0.00300. The van der Waals surface area contributed by atoms with Gasteiger partial charge in [0.25, 0.3) is 0 Å². The van der Waals surface area contributed by atoms with Crippen molar-refractivity contribution in [3.8, 4) is 17.2 Å².